The standard InChI is InChI=1S/C8H9ClO/c9-8(10)7-4-5-1-2-6(7)3-5/h1,6-7H,2-4H2. The molecule has 2 heteroatoms. The van der Waals surface area contributed by atoms with E-state index in [4.69, 9.17) is 11.6 Å². The highest BCUT2D eigenvalue weighted by atomic mass is 35.5. The third-order valence-electron chi connectivity index (χ3n) is 2.58. The molecule has 1 fully saturated rings. The molecular formula is C8H9ClO. The van der Waals surface area contributed by atoms with Gasteiger partial charge in [-0.25, -0.2) is 0 Å². The number of fused-ring (bicyclic) bond motifs is 2. The third kappa shape index (κ3) is 0.807. The van der Waals surface area contributed by atoms with Gasteiger partial charge in [0.1, 0.15) is 0 Å². The van der Waals surface area contributed by atoms with Crippen LogP contribution in [-0.4, -0.2) is 5.24 Å². The molecule has 2 aliphatic rings. The summed E-state index contributed by atoms with van der Waals surface area (Å²) < 4.78 is 0. The first-order valence-corrected chi connectivity index (χ1v) is 4.02. The summed E-state index contributed by atoms with van der Waals surface area (Å²) in [7, 11) is 0. The number of carbonyl (C=O) groups excluding carboxylic acids is 1. The summed E-state index contributed by atoms with van der Waals surface area (Å²) in [6.07, 6.45) is 5.40. The van der Waals surface area contributed by atoms with Crippen LogP contribution >= 0.6 is 11.6 Å². The van der Waals surface area contributed by atoms with Gasteiger partial charge in [-0.2, -0.15) is 0 Å². The summed E-state index contributed by atoms with van der Waals surface area (Å²) in [4.78, 5) is 10.8. The van der Waals surface area contributed by atoms with Crippen LogP contribution in [0.4, 0.5) is 0 Å². The van der Waals surface area contributed by atoms with Gasteiger partial charge in [0.15, 0.2) is 0 Å². The van der Waals surface area contributed by atoms with Crippen LogP contribution < -0.4 is 0 Å². The second-order valence-corrected chi connectivity index (χ2v) is 3.55. The lowest BCUT2D eigenvalue weighted by molar-refractivity contribution is -0.116. The fraction of sp³-hybridized carbons (Fsp3) is 0.625. The molecular weight excluding hydrogens is 148 g/mol. The Bertz CT molecular complexity index is 207. The van der Waals surface area contributed by atoms with Gasteiger partial charge in [0.25, 0.3) is 0 Å². The molecule has 2 bridgehead atoms. The van der Waals surface area contributed by atoms with E-state index < -0.39 is 0 Å². The Hall–Kier alpha value is -0.300. The molecule has 2 atom stereocenters. The summed E-state index contributed by atoms with van der Waals surface area (Å²) >= 11 is 5.41. The normalized spacial score (nSPS) is 36.3. The maximum Gasteiger partial charge on any atom is 0.225 e. The van der Waals surface area contributed by atoms with Gasteiger partial charge in [-0.15, -0.1) is 0 Å². The molecule has 54 valence electrons. The van der Waals surface area contributed by atoms with E-state index in [1.54, 1.807) is 0 Å². The average Bonchev–Trinajstić information content (AvgIpc) is 2.44. The topological polar surface area (TPSA) is 17.1 Å². The van der Waals surface area contributed by atoms with Crippen molar-refractivity contribution < 1.29 is 4.79 Å². The van der Waals surface area contributed by atoms with Crippen molar-refractivity contribution in [2.24, 2.45) is 11.8 Å². The van der Waals surface area contributed by atoms with Gasteiger partial charge in [0.05, 0.1) is 0 Å². The van der Waals surface area contributed by atoms with Gasteiger partial charge in [0, 0.05) is 5.92 Å². The van der Waals surface area contributed by atoms with Crippen molar-refractivity contribution in [1.82, 2.24) is 0 Å². The van der Waals surface area contributed by atoms with Gasteiger partial charge in [-0.1, -0.05) is 11.6 Å². The molecule has 0 aromatic heterocycles. The summed E-state index contributed by atoms with van der Waals surface area (Å²) in [5.74, 6) is 0.710. The van der Waals surface area contributed by atoms with Crippen LogP contribution in [0.15, 0.2) is 11.6 Å². The van der Waals surface area contributed by atoms with Gasteiger partial charge in [-0.05, 0) is 36.8 Å². The minimum absolute atomic E-state index is 0.131. The molecule has 0 spiro atoms. The molecule has 0 aromatic carbocycles. The molecule has 2 rings (SSSR count). The van der Waals surface area contributed by atoms with Crippen molar-refractivity contribution in [3.05, 3.63) is 11.6 Å². The first-order chi connectivity index (χ1) is 4.77. The first-order valence-electron chi connectivity index (χ1n) is 3.64. The molecule has 0 amide bonds. The zero-order chi connectivity index (χ0) is 7.14. The summed E-state index contributed by atoms with van der Waals surface area (Å²) in [6.45, 7) is 0. The molecule has 1 saturated carbocycles. The van der Waals surface area contributed by atoms with Crippen LogP contribution in [0.3, 0.4) is 0 Å². The molecule has 0 radical (unpaired) electrons. The predicted molar refractivity (Wildman–Crippen MR) is 39.8 cm³/mol. The summed E-state index contributed by atoms with van der Waals surface area (Å²) in [5, 5.41) is -0.131. The van der Waals surface area contributed by atoms with Crippen LogP contribution in [0.5, 0.6) is 0 Å². The predicted octanol–water partition coefficient (Wildman–Crippen LogP) is 2.11. The lowest BCUT2D eigenvalue weighted by Gasteiger charge is -2.12. The smallest absolute Gasteiger partial charge is 0.225 e. The van der Waals surface area contributed by atoms with E-state index in [0.29, 0.717) is 5.92 Å². The number of rotatable bonds is 1. The molecule has 0 saturated heterocycles. The highest BCUT2D eigenvalue weighted by molar-refractivity contribution is 6.64. The molecule has 0 aromatic rings. The fourth-order valence-electron chi connectivity index (χ4n) is 2.01. The molecule has 2 aliphatic carbocycles. The lowest BCUT2D eigenvalue weighted by Crippen LogP contribution is -2.14. The largest absolute Gasteiger partial charge is 0.281 e. The Balaban J connectivity index is 2.17. The SMILES string of the molecule is O=C(Cl)C1CC2=CCC1C2. The van der Waals surface area contributed by atoms with Crippen molar-refractivity contribution in [2.45, 2.75) is 19.3 Å². The molecule has 0 N–H and O–H groups in total. The molecule has 2 unspecified atom stereocenters. The van der Waals surface area contributed by atoms with Crippen molar-refractivity contribution in [3.63, 3.8) is 0 Å². The van der Waals surface area contributed by atoms with E-state index in [0.717, 1.165) is 19.3 Å². The van der Waals surface area contributed by atoms with Crippen LogP contribution in [0.1, 0.15) is 19.3 Å². The molecule has 1 nitrogen and oxygen atoms in total. The Labute approximate surface area is 65.1 Å². The van der Waals surface area contributed by atoms with E-state index in [2.05, 4.69) is 6.08 Å². The quantitative estimate of drug-likeness (QED) is 0.420. The van der Waals surface area contributed by atoms with Crippen molar-refractivity contribution in [2.75, 3.05) is 0 Å². The average molecular weight is 157 g/mol. The minimum Gasteiger partial charge on any atom is -0.281 e. The Morgan fingerprint density at radius 3 is 2.70 bits per heavy atom. The second kappa shape index (κ2) is 2.09. The maximum absolute atomic E-state index is 10.8. The van der Waals surface area contributed by atoms with E-state index in [1.165, 1.54) is 5.57 Å². The second-order valence-electron chi connectivity index (χ2n) is 3.18. The Morgan fingerprint density at radius 2 is 2.40 bits per heavy atom. The van der Waals surface area contributed by atoms with Gasteiger partial charge in [0.2, 0.25) is 5.24 Å². The highest BCUT2D eigenvalue weighted by Gasteiger charge is 2.37. The van der Waals surface area contributed by atoms with Crippen molar-refractivity contribution >= 4 is 16.8 Å². The lowest BCUT2D eigenvalue weighted by atomic mass is 9.93. The molecule has 10 heavy (non-hydrogen) atoms. The molecule has 0 heterocycles. The summed E-state index contributed by atoms with van der Waals surface area (Å²) in [5.41, 5.74) is 1.45. The van der Waals surface area contributed by atoms with Crippen LogP contribution in [0, 0.1) is 11.8 Å². The zero-order valence-electron chi connectivity index (χ0n) is 5.64. The zero-order valence-corrected chi connectivity index (χ0v) is 6.40. The van der Waals surface area contributed by atoms with Crippen LogP contribution in [0.2, 0.25) is 0 Å². The van der Waals surface area contributed by atoms with E-state index >= 15 is 0 Å². The monoisotopic (exact) mass is 156 g/mol. The van der Waals surface area contributed by atoms with Crippen molar-refractivity contribution in [1.29, 1.82) is 0 Å². The number of carbonyl (C=O) groups is 1. The van der Waals surface area contributed by atoms with Gasteiger partial charge < -0.3 is 0 Å². The van der Waals surface area contributed by atoms with E-state index in [1.807, 2.05) is 0 Å². The van der Waals surface area contributed by atoms with Gasteiger partial charge in [-0.3, -0.25) is 4.79 Å². The Kier molecular flexibility index (Phi) is 1.34. The fourth-order valence-corrected chi connectivity index (χ4v) is 2.26. The van der Waals surface area contributed by atoms with E-state index in [9.17, 15) is 4.79 Å². The summed E-state index contributed by atoms with van der Waals surface area (Å²) in [6, 6.07) is 0. The number of halogens is 1. The molecule has 0 aliphatic heterocycles. The van der Waals surface area contributed by atoms with Crippen LogP contribution in [0.25, 0.3) is 0 Å². The van der Waals surface area contributed by atoms with Gasteiger partial charge >= 0.3 is 0 Å². The van der Waals surface area contributed by atoms with Crippen molar-refractivity contribution in [3.8, 4) is 0 Å². The highest BCUT2D eigenvalue weighted by Crippen LogP contribution is 2.44. The number of allylic oxidation sites excluding steroid dienone is 2. The number of hydrogen-bond donors (Lipinski definition) is 0. The third-order valence-corrected chi connectivity index (χ3v) is 2.86. The first kappa shape index (κ1) is 6.41. The minimum atomic E-state index is -0.131. The maximum atomic E-state index is 10.8. The Morgan fingerprint density at radius 1 is 1.60 bits per heavy atom. The van der Waals surface area contributed by atoms with E-state index in [-0.39, 0.29) is 11.2 Å². The van der Waals surface area contributed by atoms with Crippen LogP contribution in [-0.2, 0) is 4.79 Å². The number of hydrogen-bond acceptors (Lipinski definition) is 1.